The van der Waals surface area contributed by atoms with Gasteiger partial charge in [0.2, 0.25) is 5.91 Å². The maximum atomic E-state index is 12.4. The van der Waals surface area contributed by atoms with Gasteiger partial charge in [-0.1, -0.05) is 17.8 Å². The number of carbonyl (C=O) groups excluding carboxylic acids is 2. The van der Waals surface area contributed by atoms with Crippen LogP contribution in [-0.2, 0) is 11.3 Å². The molecule has 1 N–H and O–H groups in total. The van der Waals surface area contributed by atoms with Gasteiger partial charge in [-0.2, -0.15) is 0 Å². The number of nitrogens with zero attached hydrogens (tertiary/aromatic N) is 4. The Labute approximate surface area is 158 Å². The van der Waals surface area contributed by atoms with E-state index in [4.69, 9.17) is 0 Å². The number of amides is 2. The smallest absolute Gasteiger partial charge is 0.253 e. The highest BCUT2D eigenvalue weighted by molar-refractivity contribution is 7.99. The van der Waals surface area contributed by atoms with Crippen molar-refractivity contribution in [3.63, 3.8) is 0 Å². The van der Waals surface area contributed by atoms with Crippen LogP contribution in [0.5, 0.6) is 0 Å². The van der Waals surface area contributed by atoms with E-state index in [-0.39, 0.29) is 17.6 Å². The molecule has 0 radical (unpaired) electrons. The predicted octanol–water partition coefficient (Wildman–Crippen LogP) is 2.82. The molecule has 26 heavy (non-hydrogen) atoms. The number of carbonyl (C=O) groups is 2. The third-order valence-electron chi connectivity index (χ3n) is 3.99. The molecule has 0 fully saturated rings. The van der Waals surface area contributed by atoms with Crippen molar-refractivity contribution in [1.82, 2.24) is 19.7 Å². The lowest BCUT2D eigenvalue weighted by Gasteiger charge is -2.19. The Morgan fingerprint density at radius 3 is 2.58 bits per heavy atom. The number of hydrogen-bond acceptors (Lipinski definition) is 5. The molecule has 2 aromatic rings. The van der Waals surface area contributed by atoms with Crippen molar-refractivity contribution in [3.05, 3.63) is 35.7 Å². The number of hydrogen-bond donors (Lipinski definition) is 1. The molecule has 0 atom stereocenters. The minimum Gasteiger partial charge on any atom is -0.339 e. The standard InChI is InChI=1S/C18H25N5O2S/c1-5-22(6-2)17(25)14-9-8-10-15(11-14)19-16(24)12-26-18-21-20-13(4)23(18)7-3/h8-11H,5-7,12H2,1-4H3,(H,19,24). The van der Waals surface area contributed by atoms with Crippen LogP contribution in [-0.4, -0.2) is 50.3 Å². The second-order valence-electron chi connectivity index (χ2n) is 5.67. The van der Waals surface area contributed by atoms with Gasteiger partial charge in [0.05, 0.1) is 5.75 Å². The van der Waals surface area contributed by atoms with Crippen molar-refractivity contribution in [2.45, 2.75) is 39.4 Å². The zero-order valence-electron chi connectivity index (χ0n) is 15.7. The Bertz CT molecular complexity index is 771. The molecule has 0 aliphatic heterocycles. The van der Waals surface area contributed by atoms with E-state index in [2.05, 4.69) is 15.5 Å². The van der Waals surface area contributed by atoms with Crippen LogP contribution in [0.2, 0.25) is 0 Å². The lowest BCUT2D eigenvalue weighted by molar-refractivity contribution is -0.113. The Hall–Kier alpha value is -2.35. The average molecular weight is 375 g/mol. The fourth-order valence-corrected chi connectivity index (χ4v) is 3.43. The SMILES string of the molecule is CCN(CC)C(=O)c1cccc(NC(=O)CSc2nnc(C)n2CC)c1. The number of benzene rings is 1. The fourth-order valence-electron chi connectivity index (χ4n) is 2.58. The molecular weight excluding hydrogens is 350 g/mol. The normalized spacial score (nSPS) is 10.6. The largest absolute Gasteiger partial charge is 0.339 e. The summed E-state index contributed by atoms with van der Waals surface area (Å²) in [7, 11) is 0. The highest BCUT2D eigenvalue weighted by Gasteiger charge is 2.14. The lowest BCUT2D eigenvalue weighted by atomic mass is 10.1. The van der Waals surface area contributed by atoms with Crippen LogP contribution in [0.1, 0.15) is 37.0 Å². The van der Waals surface area contributed by atoms with E-state index in [0.717, 1.165) is 17.5 Å². The van der Waals surface area contributed by atoms with E-state index < -0.39 is 0 Å². The van der Waals surface area contributed by atoms with Crippen LogP contribution in [0.3, 0.4) is 0 Å². The van der Waals surface area contributed by atoms with Gasteiger partial charge in [-0.15, -0.1) is 10.2 Å². The first kappa shape index (κ1) is 20.0. The number of nitrogens with one attached hydrogen (secondary N) is 1. The summed E-state index contributed by atoms with van der Waals surface area (Å²) >= 11 is 1.34. The number of aromatic nitrogens is 3. The third kappa shape index (κ3) is 4.85. The minimum absolute atomic E-state index is 0.0352. The molecule has 1 aromatic carbocycles. The predicted molar refractivity (Wildman–Crippen MR) is 103 cm³/mol. The van der Waals surface area contributed by atoms with E-state index in [0.29, 0.717) is 24.3 Å². The molecule has 0 spiro atoms. The molecule has 0 aliphatic carbocycles. The van der Waals surface area contributed by atoms with Crippen molar-refractivity contribution in [1.29, 1.82) is 0 Å². The Morgan fingerprint density at radius 1 is 1.19 bits per heavy atom. The first-order valence-corrected chi connectivity index (χ1v) is 9.70. The highest BCUT2D eigenvalue weighted by atomic mass is 32.2. The topological polar surface area (TPSA) is 80.1 Å². The zero-order chi connectivity index (χ0) is 19.1. The van der Waals surface area contributed by atoms with Gasteiger partial charge < -0.3 is 14.8 Å². The second kappa shape index (κ2) is 9.38. The van der Waals surface area contributed by atoms with Crippen LogP contribution in [0.25, 0.3) is 0 Å². The summed E-state index contributed by atoms with van der Waals surface area (Å²) < 4.78 is 1.96. The van der Waals surface area contributed by atoms with Crippen molar-refractivity contribution < 1.29 is 9.59 Å². The summed E-state index contributed by atoms with van der Waals surface area (Å²) in [4.78, 5) is 26.4. The van der Waals surface area contributed by atoms with Crippen molar-refractivity contribution in [2.75, 3.05) is 24.2 Å². The van der Waals surface area contributed by atoms with E-state index in [1.807, 2.05) is 32.3 Å². The van der Waals surface area contributed by atoms with Gasteiger partial charge in [-0.05, 0) is 45.9 Å². The second-order valence-corrected chi connectivity index (χ2v) is 6.61. The average Bonchev–Trinajstić information content (AvgIpc) is 3.00. The summed E-state index contributed by atoms with van der Waals surface area (Å²) in [5.74, 6) is 0.877. The number of anilines is 1. The Morgan fingerprint density at radius 2 is 1.92 bits per heavy atom. The monoisotopic (exact) mass is 375 g/mol. The molecular formula is C18H25N5O2S. The van der Waals surface area contributed by atoms with Crippen LogP contribution in [0.15, 0.2) is 29.4 Å². The third-order valence-corrected chi connectivity index (χ3v) is 4.96. The van der Waals surface area contributed by atoms with Gasteiger partial charge in [-0.3, -0.25) is 9.59 Å². The number of thioether (sulfide) groups is 1. The van der Waals surface area contributed by atoms with Gasteiger partial charge in [0.15, 0.2) is 5.16 Å². The molecule has 0 saturated carbocycles. The summed E-state index contributed by atoms with van der Waals surface area (Å²) in [5, 5.41) is 11.7. The molecule has 0 bridgehead atoms. The summed E-state index contributed by atoms with van der Waals surface area (Å²) in [6, 6.07) is 7.02. The van der Waals surface area contributed by atoms with Gasteiger partial charge in [0.25, 0.3) is 5.91 Å². The Balaban J connectivity index is 1.98. The summed E-state index contributed by atoms with van der Waals surface area (Å²) in [6.45, 7) is 9.86. The van der Waals surface area contributed by atoms with Crippen LogP contribution >= 0.6 is 11.8 Å². The zero-order valence-corrected chi connectivity index (χ0v) is 16.5. The van der Waals surface area contributed by atoms with E-state index in [9.17, 15) is 9.59 Å². The van der Waals surface area contributed by atoms with E-state index >= 15 is 0 Å². The lowest BCUT2D eigenvalue weighted by Crippen LogP contribution is -2.30. The quantitative estimate of drug-likeness (QED) is 0.718. The molecule has 0 aliphatic rings. The molecule has 0 saturated heterocycles. The molecule has 1 aromatic heterocycles. The molecule has 2 rings (SSSR count). The summed E-state index contributed by atoms with van der Waals surface area (Å²) in [5.41, 5.74) is 1.18. The van der Waals surface area contributed by atoms with Crippen LogP contribution < -0.4 is 5.32 Å². The maximum absolute atomic E-state index is 12.4. The van der Waals surface area contributed by atoms with Crippen molar-refractivity contribution >= 4 is 29.3 Å². The van der Waals surface area contributed by atoms with Crippen molar-refractivity contribution in [2.24, 2.45) is 0 Å². The molecule has 8 heteroatoms. The Kier molecular flexibility index (Phi) is 7.20. The molecule has 140 valence electrons. The summed E-state index contributed by atoms with van der Waals surface area (Å²) in [6.07, 6.45) is 0. The van der Waals surface area contributed by atoms with Gasteiger partial charge in [0.1, 0.15) is 5.82 Å². The molecule has 7 nitrogen and oxygen atoms in total. The first-order chi connectivity index (χ1) is 12.5. The van der Waals surface area contributed by atoms with Crippen LogP contribution in [0.4, 0.5) is 5.69 Å². The molecule has 2 amide bonds. The highest BCUT2D eigenvalue weighted by Crippen LogP contribution is 2.18. The molecule has 1 heterocycles. The van der Waals surface area contributed by atoms with Crippen molar-refractivity contribution in [3.8, 4) is 0 Å². The van der Waals surface area contributed by atoms with E-state index in [1.54, 1.807) is 29.2 Å². The van der Waals surface area contributed by atoms with Gasteiger partial charge in [-0.25, -0.2) is 0 Å². The maximum Gasteiger partial charge on any atom is 0.253 e. The number of rotatable bonds is 8. The first-order valence-electron chi connectivity index (χ1n) is 8.71. The van der Waals surface area contributed by atoms with Gasteiger partial charge >= 0.3 is 0 Å². The number of aryl methyl sites for hydroxylation is 1. The van der Waals surface area contributed by atoms with Gasteiger partial charge in [0, 0.05) is 30.9 Å². The molecule has 0 unspecified atom stereocenters. The minimum atomic E-state index is -0.147. The van der Waals surface area contributed by atoms with E-state index in [1.165, 1.54) is 11.8 Å². The van der Waals surface area contributed by atoms with Crippen LogP contribution in [0, 0.1) is 6.92 Å². The fraction of sp³-hybridized carbons (Fsp3) is 0.444.